The third-order valence-electron chi connectivity index (χ3n) is 7.26. The SMILES string of the molecule is COc1ccc(NC(=S)c2c(-c3ccc(Cl)cc3)c3c4n(c(CNc5ccc(C)cc5)nn24)CCCC3)cc1. The highest BCUT2D eigenvalue weighted by Crippen LogP contribution is 2.38. The predicted octanol–water partition coefficient (Wildman–Crippen LogP) is 7.51. The first-order chi connectivity index (χ1) is 19.0. The van der Waals surface area contributed by atoms with E-state index in [0.717, 1.165) is 71.2 Å². The third-order valence-corrected chi connectivity index (χ3v) is 7.81. The van der Waals surface area contributed by atoms with Crippen molar-refractivity contribution in [3.8, 4) is 16.9 Å². The van der Waals surface area contributed by atoms with Gasteiger partial charge in [0.25, 0.3) is 0 Å². The first-order valence-electron chi connectivity index (χ1n) is 13.2. The van der Waals surface area contributed by atoms with Gasteiger partial charge in [-0.15, -0.1) is 0 Å². The maximum absolute atomic E-state index is 6.26. The van der Waals surface area contributed by atoms with Crippen LogP contribution in [0, 0.1) is 6.92 Å². The van der Waals surface area contributed by atoms with Gasteiger partial charge in [0, 0.05) is 34.1 Å². The number of anilines is 2. The van der Waals surface area contributed by atoms with E-state index < -0.39 is 0 Å². The fourth-order valence-corrected chi connectivity index (χ4v) is 5.72. The molecule has 6 nitrogen and oxygen atoms in total. The highest BCUT2D eigenvalue weighted by Gasteiger charge is 2.29. The van der Waals surface area contributed by atoms with Crippen molar-refractivity contribution >= 4 is 45.8 Å². The van der Waals surface area contributed by atoms with Crippen LogP contribution < -0.4 is 15.4 Å². The van der Waals surface area contributed by atoms with Crippen molar-refractivity contribution in [3.63, 3.8) is 0 Å². The molecule has 2 N–H and O–H groups in total. The van der Waals surface area contributed by atoms with Crippen LogP contribution in [0.25, 0.3) is 16.8 Å². The van der Waals surface area contributed by atoms with Crippen molar-refractivity contribution < 1.29 is 4.74 Å². The molecule has 0 saturated heterocycles. The van der Waals surface area contributed by atoms with Gasteiger partial charge in [0.1, 0.15) is 22.1 Å². The molecule has 0 saturated carbocycles. The Morgan fingerprint density at radius 1 is 0.974 bits per heavy atom. The zero-order chi connectivity index (χ0) is 26.9. The molecule has 0 amide bonds. The summed E-state index contributed by atoms with van der Waals surface area (Å²) in [4.78, 5) is 0.620. The van der Waals surface area contributed by atoms with Crippen LogP contribution in [0.1, 0.15) is 35.5 Å². The largest absolute Gasteiger partial charge is 0.497 e. The van der Waals surface area contributed by atoms with E-state index in [1.165, 1.54) is 11.1 Å². The Hall–Kier alpha value is -3.81. The number of methoxy groups -OCH3 is 1. The number of hydrogen-bond acceptors (Lipinski definition) is 4. The normalized spacial score (nSPS) is 12.8. The smallest absolute Gasteiger partial charge is 0.150 e. The van der Waals surface area contributed by atoms with Gasteiger partial charge < -0.3 is 19.9 Å². The third kappa shape index (κ3) is 5.00. The number of aromatic nitrogens is 3. The minimum absolute atomic E-state index is 0.620. The number of aryl methyl sites for hydroxylation is 3. The van der Waals surface area contributed by atoms with E-state index >= 15 is 0 Å². The van der Waals surface area contributed by atoms with Gasteiger partial charge in [-0.25, -0.2) is 4.52 Å². The lowest BCUT2D eigenvalue weighted by atomic mass is 9.98. The first-order valence-corrected chi connectivity index (χ1v) is 14.0. The number of thiocarbonyl (C=S) groups is 1. The average Bonchev–Trinajstić information content (AvgIpc) is 3.35. The molecule has 0 bridgehead atoms. The minimum Gasteiger partial charge on any atom is -0.497 e. The van der Waals surface area contributed by atoms with Gasteiger partial charge in [0.2, 0.25) is 0 Å². The number of rotatable bonds is 7. The molecule has 198 valence electrons. The van der Waals surface area contributed by atoms with Gasteiger partial charge in [-0.2, -0.15) is 5.10 Å². The summed E-state index contributed by atoms with van der Waals surface area (Å²) < 4.78 is 9.74. The molecule has 3 heterocycles. The molecule has 1 aliphatic rings. The maximum atomic E-state index is 6.26. The summed E-state index contributed by atoms with van der Waals surface area (Å²) in [5.41, 5.74) is 8.70. The van der Waals surface area contributed by atoms with Gasteiger partial charge in [0.05, 0.1) is 13.7 Å². The zero-order valence-corrected chi connectivity index (χ0v) is 23.6. The lowest BCUT2D eigenvalue weighted by molar-refractivity contribution is 0.415. The molecule has 0 spiro atoms. The molecule has 0 radical (unpaired) electrons. The van der Waals surface area contributed by atoms with E-state index in [0.29, 0.717) is 16.6 Å². The fourth-order valence-electron chi connectivity index (χ4n) is 5.29. The highest BCUT2D eigenvalue weighted by molar-refractivity contribution is 7.81. The summed E-state index contributed by atoms with van der Waals surface area (Å²) in [7, 11) is 1.66. The summed E-state index contributed by atoms with van der Waals surface area (Å²) in [6, 6.07) is 24.2. The van der Waals surface area contributed by atoms with E-state index in [9.17, 15) is 0 Å². The van der Waals surface area contributed by atoms with Crippen molar-refractivity contribution in [3.05, 3.63) is 100 Å². The lowest BCUT2D eigenvalue weighted by Crippen LogP contribution is -2.15. The molecule has 5 aromatic rings. The van der Waals surface area contributed by atoms with Crippen molar-refractivity contribution in [2.45, 2.75) is 39.3 Å². The van der Waals surface area contributed by atoms with Crippen molar-refractivity contribution in [2.75, 3.05) is 17.7 Å². The summed E-state index contributed by atoms with van der Waals surface area (Å²) in [6.07, 6.45) is 3.16. The minimum atomic E-state index is 0.620. The predicted molar refractivity (Wildman–Crippen MR) is 163 cm³/mol. The monoisotopic (exact) mass is 555 g/mol. The second kappa shape index (κ2) is 10.8. The second-order valence-corrected chi connectivity index (χ2v) is 10.7. The number of nitrogens with one attached hydrogen (secondary N) is 2. The van der Waals surface area contributed by atoms with Gasteiger partial charge in [-0.3, -0.25) is 0 Å². The van der Waals surface area contributed by atoms with E-state index in [1.807, 2.05) is 36.4 Å². The Balaban J connectivity index is 1.46. The van der Waals surface area contributed by atoms with Crippen molar-refractivity contribution in [1.82, 2.24) is 14.2 Å². The van der Waals surface area contributed by atoms with Gasteiger partial charge in [-0.1, -0.05) is 53.6 Å². The first kappa shape index (κ1) is 25.5. The van der Waals surface area contributed by atoms with Crippen LogP contribution in [-0.4, -0.2) is 26.3 Å². The van der Waals surface area contributed by atoms with E-state index in [-0.39, 0.29) is 0 Å². The van der Waals surface area contributed by atoms with E-state index in [2.05, 4.69) is 63.0 Å². The molecule has 8 heteroatoms. The number of benzene rings is 3. The average molecular weight is 556 g/mol. The Kier molecular flexibility index (Phi) is 7.02. The van der Waals surface area contributed by atoms with Crippen LogP contribution in [0.5, 0.6) is 5.75 Å². The van der Waals surface area contributed by atoms with Crippen LogP contribution in [0.4, 0.5) is 11.4 Å². The summed E-state index contributed by atoms with van der Waals surface area (Å²) in [5, 5.41) is 12.9. The van der Waals surface area contributed by atoms with E-state index in [1.54, 1.807) is 7.11 Å². The van der Waals surface area contributed by atoms with Crippen LogP contribution in [-0.2, 0) is 19.5 Å². The lowest BCUT2D eigenvalue weighted by Gasteiger charge is -2.12. The zero-order valence-electron chi connectivity index (χ0n) is 22.0. The molecule has 3 aromatic carbocycles. The highest BCUT2D eigenvalue weighted by atomic mass is 35.5. The summed E-state index contributed by atoms with van der Waals surface area (Å²) in [5.74, 6) is 1.79. The topological polar surface area (TPSA) is 55.5 Å². The molecule has 0 atom stereocenters. The molecule has 39 heavy (non-hydrogen) atoms. The van der Waals surface area contributed by atoms with Crippen LogP contribution in [0.2, 0.25) is 5.02 Å². The standard InChI is InChI=1S/C31H30ClN5OS/c1-20-6-12-23(13-7-20)33-19-27-35-37-29(30(39)34-24-14-16-25(38-2)17-15-24)28(21-8-10-22(32)11-9-21)26-5-3-4-18-36(27)31(26)37/h6-17,33H,3-5,18-19H2,1-2H3,(H,34,39). The van der Waals surface area contributed by atoms with Gasteiger partial charge in [-0.05, 0) is 80.3 Å². The van der Waals surface area contributed by atoms with Crippen LogP contribution >= 0.6 is 23.8 Å². The van der Waals surface area contributed by atoms with Crippen LogP contribution in [0.3, 0.4) is 0 Å². The fraction of sp³-hybridized carbons (Fsp3) is 0.226. The van der Waals surface area contributed by atoms with Gasteiger partial charge in [0.15, 0.2) is 5.82 Å². The summed E-state index contributed by atoms with van der Waals surface area (Å²) in [6.45, 7) is 3.64. The Bertz CT molecular complexity index is 1640. The molecular formula is C31H30ClN5OS. The number of ether oxygens (including phenoxy) is 1. The number of nitrogens with zero attached hydrogens (tertiary/aromatic N) is 3. The molecule has 0 unspecified atom stereocenters. The molecule has 1 aliphatic heterocycles. The van der Waals surface area contributed by atoms with E-state index in [4.69, 9.17) is 33.7 Å². The van der Waals surface area contributed by atoms with Crippen molar-refractivity contribution in [1.29, 1.82) is 0 Å². The summed E-state index contributed by atoms with van der Waals surface area (Å²) >= 11 is 12.3. The molecule has 0 fully saturated rings. The Labute approximate surface area is 238 Å². The molecule has 2 aromatic heterocycles. The number of hydrogen-bond donors (Lipinski definition) is 2. The Morgan fingerprint density at radius 3 is 2.41 bits per heavy atom. The second-order valence-electron chi connectivity index (χ2n) is 9.87. The molecule has 0 aliphatic carbocycles. The van der Waals surface area contributed by atoms with Gasteiger partial charge >= 0.3 is 0 Å². The molecular weight excluding hydrogens is 526 g/mol. The van der Waals surface area contributed by atoms with Crippen LogP contribution in [0.15, 0.2) is 72.8 Å². The van der Waals surface area contributed by atoms with Crippen molar-refractivity contribution in [2.24, 2.45) is 0 Å². The Morgan fingerprint density at radius 2 is 1.69 bits per heavy atom. The number of halogens is 1. The maximum Gasteiger partial charge on any atom is 0.150 e. The molecule has 6 rings (SSSR count). The quantitative estimate of drug-likeness (QED) is 0.203.